The van der Waals surface area contributed by atoms with Gasteiger partial charge in [-0.1, -0.05) is 30.3 Å². The minimum Gasteiger partial charge on any atom is -0.342 e. The van der Waals surface area contributed by atoms with E-state index < -0.39 is 6.04 Å². The summed E-state index contributed by atoms with van der Waals surface area (Å²) in [6.45, 7) is 2.31. The Labute approximate surface area is 158 Å². The van der Waals surface area contributed by atoms with Crippen LogP contribution in [0.1, 0.15) is 30.9 Å². The van der Waals surface area contributed by atoms with Crippen molar-refractivity contribution in [1.29, 1.82) is 0 Å². The molecule has 6 heteroatoms. The van der Waals surface area contributed by atoms with Crippen LogP contribution in [-0.4, -0.2) is 36.3 Å². The van der Waals surface area contributed by atoms with Crippen LogP contribution in [-0.2, 0) is 9.59 Å². The number of amides is 2. The minimum absolute atomic E-state index is 0.148. The van der Waals surface area contributed by atoms with Crippen LogP contribution in [0.2, 0.25) is 0 Å². The number of likely N-dealkylation sites (tertiary alicyclic amines) is 1. The van der Waals surface area contributed by atoms with Crippen molar-refractivity contribution in [3.05, 3.63) is 66.0 Å². The maximum absolute atomic E-state index is 13.1. The second-order valence-electron chi connectivity index (χ2n) is 6.75. The average molecular weight is 370 g/mol. The monoisotopic (exact) mass is 370 g/mol. The van der Waals surface area contributed by atoms with Crippen LogP contribution < -0.4 is 10.6 Å². The first-order valence-electron chi connectivity index (χ1n) is 9.36. The number of carbonyl (C=O) groups is 2. The molecule has 1 heterocycles. The van der Waals surface area contributed by atoms with E-state index >= 15 is 0 Å². The topological polar surface area (TPSA) is 66.0 Å². The number of carbonyl (C=O) groups excluding carboxylic acids is 2. The molecule has 0 unspecified atom stereocenters. The molecule has 2 aromatic rings. The zero-order valence-corrected chi connectivity index (χ0v) is 15.2. The third-order valence-corrected chi connectivity index (χ3v) is 4.76. The van der Waals surface area contributed by atoms with Crippen LogP contribution in [0.4, 0.5) is 10.1 Å². The second-order valence-corrected chi connectivity index (χ2v) is 6.75. The van der Waals surface area contributed by atoms with Crippen molar-refractivity contribution in [3.63, 3.8) is 0 Å². The van der Waals surface area contributed by atoms with Crippen molar-refractivity contribution in [1.82, 2.24) is 4.90 Å². The van der Waals surface area contributed by atoms with Gasteiger partial charge in [-0.05, 0) is 30.7 Å². The number of quaternary nitrogens is 1. The molecule has 1 atom stereocenters. The third kappa shape index (κ3) is 5.37. The average Bonchev–Trinajstić information content (AvgIpc) is 3.09. The van der Waals surface area contributed by atoms with Crippen LogP contribution in [0.25, 0.3) is 0 Å². The Kier molecular flexibility index (Phi) is 6.54. The molecule has 2 amide bonds. The van der Waals surface area contributed by atoms with Crippen molar-refractivity contribution in [2.24, 2.45) is 0 Å². The molecule has 3 rings (SSSR count). The number of hydrogen-bond donors (Lipinski definition) is 2. The van der Waals surface area contributed by atoms with Gasteiger partial charge in [-0.15, -0.1) is 0 Å². The molecule has 3 N–H and O–H groups in total. The van der Waals surface area contributed by atoms with Gasteiger partial charge >= 0.3 is 0 Å². The summed E-state index contributed by atoms with van der Waals surface area (Å²) in [5.74, 6) is -0.260. The Hall–Kier alpha value is -2.73. The van der Waals surface area contributed by atoms with Crippen molar-refractivity contribution < 1.29 is 19.3 Å². The second kappa shape index (κ2) is 9.28. The first-order chi connectivity index (χ1) is 13.1. The number of nitrogens with one attached hydrogen (secondary N) is 1. The molecule has 142 valence electrons. The lowest BCUT2D eigenvalue weighted by atomic mass is 10.1. The van der Waals surface area contributed by atoms with Crippen LogP contribution in [0.15, 0.2) is 54.6 Å². The Morgan fingerprint density at radius 1 is 1.15 bits per heavy atom. The SMILES string of the molecule is O=C(Nc1ccc(F)cc1)[C@H]([NH2+]CCCN1CCCC1=O)c1ccccc1. The van der Waals surface area contributed by atoms with E-state index in [0.717, 1.165) is 38.0 Å². The summed E-state index contributed by atoms with van der Waals surface area (Å²) in [6, 6.07) is 14.9. The molecule has 1 aliphatic heterocycles. The predicted octanol–water partition coefficient (Wildman–Crippen LogP) is 2.08. The lowest BCUT2D eigenvalue weighted by molar-refractivity contribution is -0.682. The van der Waals surface area contributed by atoms with E-state index in [-0.39, 0.29) is 17.6 Å². The highest BCUT2D eigenvalue weighted by molar-refractivity contribution is 5.94. The van der Waals surface area contributed by atoms with E-state index in [9.17, 15) is 14.0 Å². The highest BCUT2D eigenvalue weighted by atomic mass is 19.1. The van der Waals surface area contributed by atoms with Crippen LogP contribution in [0, 0.1) is 5.82 Å². The van der Waals surface area contributed by atoms with Crippen molar-refractivity contribution in [2.75, 3.05) is 25.0 Å². The van der Waals surface area contributed by atoms with Gasteiger partial charge in [-0.3, -0.25) is 9.59 Å². The zero-order chi connectivity index (χ0) is 19.1. The number of halogens is 1. The number of nitrogens with zero attached hydrogens (tertiary/aromatic N) is 1. The quantitative estimate of drug-likeness (QED) is 0.699. The largest absolute Gasteiger partial charge is 0.342 e. The van der Waals surface area contributed by atoms with Gasteiger partial charge in [0.15, 0.2) is 6.04 Å². The Balaban J connectivity index is 1.59. The van der Waals surface area contributed by atoms with Gasteiger partial charge in [-0.2, -0.15) is 0 Å². The van der Waals surface area contributed by atoms with Gasteiger partial charge in [0.2, 0.25) is 5.91 Å². The summed E-state index contributed by atoms with van der Waals surface area (Å²) in [7, 11) is 0. The molecule has 1 aliphatic rings. The molecule has 27 heavy (non-hydrogen) atoms. The summed E-state index contributed by atoms with van der Waals surface area (Å²) in [5.41, 5.74) is 1.48. The smallest absolute Gasteiger partial charge is 0.287 e. The summed E-state index contributed by atoms with van der Waals surface area (Å²) in [4.78, 5) is 26.4. The van der Waals surface area contributed by atoms with E-state index in [0.29, 0.717) is 12.1 Å². The molecular formula is C21H25FN3O2+. The normalized spacial score (nSPS) is 15.0. The molecule has 0 bridgehead atoms. The Bertz CT molecular complexity index is 765. The van der Waals surface area contributed by atoms with Gasteiger partial charge < -0.3 is 15.5 Å². The van der Waals surface area contributed by atoms with Gasteiger partial charge in [-0.25, -0.2) is 4.39 Å². The van der Waals surface area contributed by atoms with Gasteiger partial charge in [0.05, 0.1) is 6.54 Å². The summed E-state index contributed by atoms with van der Waals surface area (Å²) in [6.07, 6.45) is 2.42. The van der Waals surface area contributed by atoms with E-state index in [2.05, 4.69) is 5.32 Å². The minimum atomic E-state index is -0.398. The number of hydrogen-bond acceptors (Lipinski definition) is 2. The van der Waals surface area contributed by atoms with Crippen LogP contribution in [0.5, 0.6) is 0 Å². The molecular weight excluding hydrogens is 345 g/mol. The Morgan fingerprint density at radius 2 is 1.89 bits per heavy atom. The highest BCUT2D eigenvalue weighted by Crippen LogP contribution is 2.14. The fourth-order valence-electron chi connectivity index (χ4n) is 3.32. The zero-order valence-electron chi connectivity index (χ0n) is 15.2. The van der Waals surface area contributed by atoms with Crippen molar-refractivity contribution in [3.8, 4) is 0 Å². The maximum Gasteiger partial charge on any atom is 0.287 e. The molecule has 0 aliphatic carbocycles. The summed E-state index contributed by atoms with van der Waals surface area (Å²) >= 11 is 0. The standard InChI is InChI=1S/C21H24FN3O2/c22-17-9-11-18(12-10-17)24-21(27)20(16-6-2-1-3-7-16)23-13-5-15-25-14-4-8-19(25)26/h1-3,6-7,9-12,20,23H,4-5,8,13-15H2,(H,24,27)/p+1/t20-/m1/s1. The van der Waals surface area contributed by atoms with E-state index in [1.54, 1.807) is 12.1 Å². The molecule has 1 fully saturated rings. The third-order valence-electron chi connectivity index (χ3n) is 4.76. The van der Waals surface area contributed by atoms with Crippen LogP contribution in [0.3, 0.4) is 0 Å². The molecule has 0 aromatic heterocycles. The van der Waals surface area contributed by atoms with E-state index in [1.807, 2.05) is 40.5 Å². The van der Waals surface area contributed by atoms with Crippen molar-refractivity contribution >= 4 is 17.5 Å². The van der Waals surface area contributed by atoms with E-state index in [4.69, 9.17) is 0 Å². The van der Waals surface area contributed by atoms with Crippen LogP contribution >= 0.6 is 0 Å². The van der Waals surface area contributed by atoms with Gasteiger partial charge in [0.25, 0.3) is 5.91 Å². The number of nitrogens with two attached hydrogens (primary N) is 1. The fraction of sp³-hybridized carbons (Fsp3) is 0.333. The number of anilines is 1. The molecule has 2 aromatic carbocycles. The molecule has 0 spiro atoms. The lowest BCUT2D eigenvalue weighted by Gasteiger charge is -2.18. The summed E-state index contributed by atoms with van der Waals surface area (Å²) in [5, 5.41) is 4.85. The van der Waals surface area contributed by atoms with Gasteiger partial charge in [0, 0.05) is 37.2 Å². The molecule has 0 saturated carbocycles. The van der Waals surface area contributed by atoms with Gasteiger partial charge in [0.1, 0.15) is 5.82 Å². The first-order valence-corrected chi connectivity index (χ1v) is 9.36. The summed E-state index contributed by atoms with van der Waals surface area (Å²) < 4.78 is 13.1. The maximum atomic E-state index is 13.1. The van der Waals surface area contributed by atoms with E-state index in [1.165, 1.54) is 12.1 Å². The highest BCUT2D eigenvalue weighted by Gasteiger charge is 2.24. The Morgan fingerprint density at radius 3 is 2.56 bits per heavy atom. The number of rotatable bonds is 8. The number of benzene rings is 2. The lowest BCUT2D eigenvalue weighted by Crippen LogP contribution is -2.87. The molecule has 0 radical (unpaired) electrons. The first kappa shape index (κ1) is 19.0. The molecule has 1 saturated heterocycles. The fourth-order valence-corrected chi connectivity index (χ4v) is 3.32. The predicted molar refractivity (Wildman–Crippen MR) is 101 cm³/mol. The molecule has 5 nitrogen and oxygen atoms in total. The van der Waals surface area contributed by atoms with Crippen molar-refractivity contribution in [2.45, 2.75) is 25.3 Å².